The monoisotopic (exact) mass is 514 g/mol. The first-order valence-corrected chi connectivity index (χ1v) is 11.0. The third kappa shape index (κ3) is 6.20. The molecule has 0 aromatic carbocycles. The topological polar surface area (TPSA) is 59.0 Å². The minimum absolute atomic E-state index is 0. The highest BCUT2D eigenvalue weighted by atomic mass is 127. The number of pyridine rings is 1. The average Bonchev–Trinajstić information content (AvgIpc) is 3.16. The van der Waals surface area contributed by atoms with Crippen LogP contribution in [0.3, 0.4) is 0 Å². The van der Waals surface area contributed by atoms with Crippen molar-refractivity contribution in [1.29, 1.82) is 0 Å². The van der Waals surface area contributed by atoms with Gasteiger partial charge in [-0.05, 0) is 43.2 Å². The molecule has 1 aromatic rings. The van der Waals surface area contributed by atoms with E-state index in [0.717, 1.165) is 69.0 Å². The molecule has 1 saturated carbocycles. The molecule has 3 fully saturated rings. The molecule has 0 amide bonds. The van der Waals surface area contributed by atoms with Gasteiger partial charge < -0.3 is 19.7 Å². The largest absolute Gasteiger partial charge is 0.474 e. The Labute approximate surface area is 191 Å². The molecule has 6 nitrogen and oxygen atoms in total. The van der Waals surface area contributed by atoms with Crippen molar-refractivity contribution in [3.63, 3.8) is 0 Å². The molecule has 4 rings (SSSR count). The summed E-state index contributed by atoms with van der Waals surface area (Å²) in [6, 6.07) is 4.07. The van der Waals surface area contributed by atoms with Crippen molar-refractivity contribution >= 4 is 29.9 Å². The summed E-state index contributed by atoms with van der Waals surface area (Å²) in [7, 11) is 0. The van der Waals surface area contributed by atoms with Gasteiger partial charge >= 0.3 is 0 Å². The number of aromatic nitrogens is 1. The van der Waals surface area contributed by atoms with Crippen LogP contribution in [0.2, 0.25) is 0 Å². The number of rotatable bonds is 5. The summed E-state index contributed by atoms with van der Waals surface area (Å²) in [6.45, 7) is 7.57. The van der Waals surface area contributed by atoms with E-state index < -0.39 is 0 Å². The fourth-order valence-electron chi connectivity index (χ4n) is 4.75. The summed E-state index contributed by atoms with van der Waals surface area (Å²) in [5, 5.41) is 3.50. The Hall–Kier alpha value is -1.09. The molecule has 1 aromatic heterocycles. The van der Waals surface area contributed by atoms with E-state index in [1.54, 1.807) is 0 Å². The van der Waals surface area contributed by atoms with E-state index in [0.29, 0.717) is 12.4 Å². The van der Waals surface area contributed by atoms with E-state index in [-0.39, 0.29) is 30.1 Å². The van der Waals surface area contributed by atoms with Crippen LogP contribution in [0, 0.1) is 11.8 Å². The lowest BCUT2D eigenvalue weighted by atomic mass is 9.82. The average molecular weight is 514 g/mol. The van der Waals surface area contributed by atoms with Gasteiger partial charge in [0.2, 0.25) is 5.88 Å². The first kappa shape index (κ1) is 22.6. The van der Waals surface area contributed by atoms with Crippen LogP contribution in [0.25, 0.3) is 0 Å². The summed E-state index contributed by atoms with van der Waals surface area (Å²) < 4.78 is 11.5. The van der Waals surface area contributed by atoms with Gasteiger partial charge in [-0.3, -0.25) is 0 Å². The summed E-state index contributed by atoms with van der Waals surface area (Å²) in [4.78, 5) is 11.8. The predicted molar refractivity (Wildman–Crippen MR) is 126 cm³/mol. The number of nitrogens with zero attached hydrogens (tertiary/aromatic N) is 3. The maximum absolute atomic E-state index is 6.05. The standard InChI is InChI=1S/C22H34N4O2.HI/c1-2-23-22(26-15-18-5-3-4-6-19(18)16-26)25-14-17-7-10-24-21(13-17)28-20-8-11-27-12-9-20;/h7,10,13,18-20H,2-6,8-9,11-12,14-16H2,1H3,(H,23,25);1H. The summed E-state index contributed by atoms with van der Waals surface area (Å²) in [5.41, 5.74) is 1.14. The molecule has 2 aliphatic heterocycles. The van der Waals surface area contributed by atoms with Crippen LogP contribution in [-0.4, -0.2) is 54.8 Å². The molecule has 3 heterocycles. The van der Waals surface area contributed by atoms with Gasteiger partial charge in [0.25, 0.3) is 0 Å². The highest BCUT2D eigenvalue weighted by Crippen LogP contribution is 2.36. The van der Waals surface area contributed by atoms with Gasteiger partial charge in [-0.1, -0.05) is 12.8 Å². The fraction of sp³-hybridized carbons (Fsp3) is 0.727. The number of halogens is 1. The number of nitrogens with one attached hydrogen (secondary N) is 1. The Morgan fingerprint density at radius 1 is 1.21 bits per heavy atom. The van der Waals surface area contributed by atoms with Crippen LogP contribution in [-0.2, 0) is 11.3 Å². The van der Waals surface area contributed by atoms with Crippen molar-refractivity contribution in [2.45, 2.75) is 58.1 Å². The minimum Gasteiger partial charge on any atom is -0.474 e. The first-order chi connectivity index (χ1) is 13.8. The number of fused-ring (bicyclic) bond motifs is 1. The van der Waals surface area contributed by atoms with Crippen LogP contribution in [0.15, 0.2) is 23.3 Å². The van der Waals surface area contributed by atoms with Gasteiger partial charge in [-0.15, -0.1) is 24.0 Å². The smallest absolute Gasteiger partial charge is 0.213 e. The predicted octanol–water partition coefficient (Wildman–Crippen LogP) is 3.84. The number of ether oxygens (including phenoxy) is 2. The van der Waals surface area contributed by atoms with Crippen molar-refractivity contribution in [2.24, 2.45) is 16.8 Å². The van der Waals surface area contributed by atoms with Crippen molar-refractivity contribution in [2.75, 3.05) is 32.8 Å². The van der Waals surface area contributed by atoms with E-state index in [1.807, 2.05) is 18.3 Å². The van der Waals surface area contributed by atoms with Crippen LogP contribution >= 0.6 is 24.0 Å². The Balaban J connectivity index is 0.00000240. The Morgan fingerprint density at radius 3 is 2.62 bits per heavy atom. The minimum atomic E-state index is 0. The van der Waals surface area contributed by atoms with E-state index >= 15 is 0 Å². The molecule has 0 bridgehead atoms. The van der Waals surface area contributed by atoms with Crippen LogP contribution in [0.1, 0.15) is 51.0 Å². The SMILES string of the molecule is CCNC(=NCc1ccnc(OC2CCOCC2)c1)N1CC2CCCCC2C1.I. The second kappa shape index (κ2) is 11.3. The van der Waals surface area contributed by atoms with Gasteiger partial charge in [-0.2, -0.15) is 0 Å². The molecule has 2 atom stereocenters. The lowest BCUT2D eigenvalue weighted by Gasteiger charge is -2.23. The zero-order chi connectivity index (χ0) is 19.2. The maximum atomic E-state index is 6.05. The number of hydrogen-bond acceptors (Lipinski definition) is 4. The zero-order valence-corrected chi connectivity index (χ0v) is 19.8. The van der Waals surface area contributed by atoms with E-state index in [1.165, 1.54) is 25.7 Å². The number of hydrogen-bond donors (Lipinski definition) is 1. The molecule has 2 saturated heterocycles. The van der Waals surface area contributed by atoms with Crippen molar-refractivity contribution < 1.29 is 9.47 Å². The lowest BCUT2D eigenvalue weighted by molar-refractivity contribution is 0.0237. The number of likely N-dealkylation sites (tertiary alicyclic amines) is 1. The molecule has 1 N–H and O–H groups in total. The number of guanidine groups is 1. The van der Waals surface area contributed by atoms with Gasteiger partial charge in [0.15, 0.2) is 5.96 Å². The van der Waals surface area contributed by atoms with Crippen molar-refractivity contribution in [3.05, 3.63) is 23.9 Å². The highest BCUT2D eigenvalue weighted by Gasteiger charge is 2.35. The lowest BCUT2D eigenvalue weighted by Crippen LogP contribution is -2.40. The summed E-state index contributed by atoms with van der Waals surface area (Å²) in [5.74, 6) is 3.48. The van der Waals surface area contributed by atoms with Gasteiger partial charge in [0, 0.05) is 44.7 Å². The van der Waals surface area contributed by atoms with E-state index in [9.17, 15) is 0 Å². The maximum Gasteiger partial charge on any atom is 0.213 e. The van der Waals surface area contributed by atoms with Crippen LogP contribution in [0.4, 0.5) is 0 Å². The van der Waals surface area contributed by atoms with Crippen LogP contribution < -0.4 is 10.1 Å². The number of aliphatic imine (C=N–C) groups is 1. The van der Waals surface area contributed by atoms with Gasteiger partial charge in [0.05, 0.1) is 19.8 Å². The molecule has 0 radical (unpaired) electrons. The molecular formula is C22H35IN4O2. The second-order valence-electron chi connectivity index (χ2n) is 8.31. The van der Waals surface area contributed by atoms with Crippen LogP contribution in [0.5, 0.6) is 5.88 Å². The zero-order valence-electron chi connectivity index (χ0n) is 17.5. The molecule has 0 spiro atoms. The molecule has 2 unspecified atom stereocenters. The third-order valence-corrected chi connectivity index (χ3v) is 6.28. The molecule has 1 aliphatic carbocycles. The first-order valence-electron chi connectivity index (χ1n) is 11.0. The van der Waals surface area contributed by atoms with E-state index in [2.05, 4.69) is 22.1 Å². The Bertz CT molecular complexity index is 652. The quantitative estimate of drug-likeness (QED) is 0.368. The molecule has 162 valence electrons. The molecule has 29 heavy (non-hydrogen) atoms. The van der Waals surface area contributed by atoms with Crippen molar-refractivity contribution in [1.82, 2.24) is 15.2 Å². The fourth-order valence-corrected chi connectivity index (χ4v) is 4.75. The second-order valence-corrected chi connectivity index (χ2v) is 8.31. The normalized spacial score (nSPS) is 25.3. The molecule has 3 aliphatic rings. The highest BCUT2D eigenvalue weighted by molar-refractivity contribution is 14.0. The molecular weight excluding hydrogens is 479 g/mol. The van der Waals surface area contributed by atoms with Crippen molar-refractivity contribution in [3.8, 4) is 5.88 Å². The Kier molecular flexibility index (Phi) is 8.84. The Morgan fingerprint density at radius 2 is 1.93 bits per heavy atom. The summed E-state index contributed by atoms with van der Waals surface area (Å²) >= 11 is 0. The summed E-state index contributed by atoms with van der Waals surface area (Å²) in [6.07, 6.45) is 9.49. The van der Waals surface area contributed by atoms with E-state index in [4.69, 9.17) is 14.5 Å². The van der Waals surface area contributed by atoms with Gasteiger partial charge in [-0.25, -0.2) is 9.98 Å². The van der Waals surface area contributed by atoms with Gasteiger partial charge in [0.1, 0.15) is 6.10 Å². The third-order valence-electron chi connectivity index (χ3n) is 6.28. The molecule has 7 heteroatoms.